The Morgan fingerprint density at radius 1 is 1.29 bits per heavy atom. The SMILES string of the molecule is CCNC(=NCC(C)(C)c1cccc(Cl)c1)NC1CCC(O)CC1. The first-order valence-corrected chi connectivity index (χ1v) is 9.27. The van der Waals surface area contributed by atoms with Gasteiger partial charge in [-0.05, 0) is 50.3 Å². The molecule has 0 spiro atoms. The quantitative estimate of drug-likeness (QED) is 0.562. The van der Waals surface area contributed by atoms with E-state index in [-0.39, 0.29) is 11.5 Å². The van der Waals surface area contributed by atoms with Crippen molar-refractivity contribution in [2.45, 2.75) is 64.0 Å². The van der Waals surface area contributed by atoms with E-state index in [1.165, 1.54) is 5.56 Å². The van der Waals surface area contributed by atoms with Crippen molar-refractivity contribution in [2.75, 3.05) is 13.1 Å². The van der Waals surface area contributed by atoms with Gasteiger partial charge >= 0.3 is 0 Å². The molecule has 0 radical (unpaired) electrons. The lowest BCUT2D eigenvalue weighted by molar-refractivity contribution is 0.120. The van der Waals surface area contributed by atoms with Gasteiger partial charge < -0.3 is 15.7 Å². The first-order valence-electron chi connectivity index (χ1n) is 8.89. The third-order valence-electron chi connectivity index (χ3n) is 4.62. The van der Waals surface area contributed by atoms with Crippen molar-refractivity contribution >= 4 is 17.6 Å². The maximum Gasteiger partial charge on any atom is 0.191 e. The summed E-state index contributed by atoms with van der Waals surface area (Å²) in [6.07, 6.45) is 3.58. The Hall–Kier alpha value is -1.26. The van der Waals surface area contributed by atoms with Crippen LogP contribution >= 0.6 is 11.6 Å². The van der Waals surface area contributed by atoms with Crippen molar-refractivity contribution in [3.8, 4) is 0 Å². The third kappa shape index (κ3) is 5.67. The molecular formula is C19H30ClN3O. The Balaban J connectivity index is 2.01. The number of aliphatic hydroxyl groups is 1. The van der Waals surface area contributed by atoms with E-state index in [9.17, 15) is 5.11 Å². The Morgan fingerprint density at radius 3 is 2.62 bits per heavy atom. The van der Waals surface area contributed by atoms with Crippen molar-refractivity contribution in [2.24, 2.45) is 4.99 Å². The lowest BCUT2D eigenvalue weighted by Gasteiger charge is -2.28. The van der Waals surface area contributed by atoms with Crippen LogP contribution in [0.4, 0.5) is 0 Å². The molecule has 0 saturated heterocycles. The number of guanidine groups is 1. The molecule has 0 bridgehead atoms. The molecule has 0 aliphatic heterocycles. The minimum atomic E-state index is -0.135. The zero-order chi connectivity index (χ0) is 17.6. The van der Waals surface area contributed by atoms with Crippen LogP contribution < -0.4 is 10.6 Å². The summed E-state index contributed by atoms with van der Waals surface area (Å²) in [5.74, 6) is 0.856. The summed E-state index contributed by atoms with van der Waals surface area (Å²) in [6, 6.07) is 8.39. The van der Waals surface area contributed by atoms with Gasteiger partial charge in [-0.15, -0.1) is 0 Å². The molecule has 134 valence electrons. The van der Waals surface area contributed by atoms with Gasteiger partial charge in [0.1, 0.15) is 0 Å². The number of benzene rings is 1. The van der Waals surface area contributed by atoms with Gasteiger partial charge in [0.05, 0.1) is 12.6 Å². The molecule has 4 nitrogen and oxygen atoms in total. The predicted octanol–water partition coefficient (Wildman–Crippen LogP) is 3.48. The van der Waals surface area contributed by atoms with Gasteiger partial charge in [-0.2, -0.15) is 0 Å². The number of aliphatic imine (C=N–C) groups is 1. The number of nitrogens with zero attached hydrogens (tertiary/aromatic N) is 1. The lowest BCUT2D eigenvalue weighted by Crippen LogP contribution is -2.45. The van der Waals surface area contributed by atoms with Crippen LogP contribution in [0.3, 0.4) is 0 Å². The molecule has 3 N–H and O–H groups in total. The van der Waals surface area contributed by atoms with Gasteiger partial charge in [-0.25, -0.2) is 0 Å². The number of hydrogen-bond acceptors (Lipinski definition) is 2. The molecule has 1 aliphatic carbocycles. The highest BCUT2D eigenvalue weighted by Crippen LogP contribution is 2.26. The smallest absolute Gasteiger partial charge is 0.191 e. The van der Waals surface area contributed by atoms with Crippen molar-refractivity contribution < 1.29 is 5.11 Å². The Kier molecular flexibility index (Phi) is 6.93. The Labute approximate surface area is 150 Å². The summed E-state index contributed by atoms with van der Waals surface area (Å²) in [6.45, 7) is 7.95. The molecular weight excluding hydrogens is 322 g/mol. The van der Waals surface area contributed by atoms with E-state index in [1.54, 1.807) is 0 Å². The molecule has 1 aromatic carbocycles. The van der Waals surface area contributed by atoms with Crippen LogP contribution in [0.25, 0.3) is 0 Å². The molecule has 1 aromatic rings. The summed E-state index contributed by atoms with van der Waals surface area (Å²) < 4.78 is 0. The molecule has 5 heteroatoms. The number of halogens is 1. The van der Waals surface area contributed by atoms with E-state index < -0.39 is 0 Å². The minimum Gasteiger partial charge on any atom is -0.393 e. The maximum absolute atomic E-state index is 9.64. The van der Waals surface area contributed by atoms with Crippen LogP contribution in [0, 0.1) is 0 Å². The molecule has 0 atom stereocenters. The van der Waals surface area contributed by atoms with Crippen LogP contribution in [-0.2, 0) is 5.41 Å². The molecule has 2 rings (SSSR count). The van der Waals surface area contributed by atoms with Gasteiger partial charge in [0.15, 0.2) is 5.96 Å². The average molecular weight is 352 g/mol. The van der Waals surface area contributed by atoms with Gasteiger partial charge in [-0.3, -0.25) is 4.99 Å². The fraction of sp³-hybridized carbons (Fsp3) is 0.632. The van der Waals surface area contributed by atoms with Crippen molar-refractivity contribution in [3.05, 3.63) is 34.9 Å². The second-order valence-electron chi connectivity index (χ2n) is 7.24. The van der Waals surface area contributed by atoms with E-state index in [2.05, 4.69) is 37.5 Å². The average Bonchev–Trinajstić information content (AvgIpc) is 2.55. The third-order valence-corrected chi connectivity index (χ3v) is 4.86. The summed E-state index contributed by atoms with van der Waals surface area (Å²) >= 11 is 6.12. The summed E-state index contributed by atoms with van der Waals surface area (Å²) in [7, 11) is 0. The zero-order valence-corrected chi connectivity index (χ0v) is 15.7. The fourth-order valence-electron chi connectivity index (χ4n) is 3.01. The van der Waals surface area contributed by atoms with Crippen molar-refractivity contribution in [1.82, 2.24) is 10.6 Å². The topological polar surface area (TPSA) is 56.7 Å². The molecule has 1 aliphatic rings. The number of hydrogen-bond donors (Lipinski definition) is 3. The van der Waals surface area contributed by atoms with Gasteiger partial charge in [0.2, 0.25) is 0 Å². The monoisotopic (exact) mass is 351 g/mol. The highest BCUT2D eigenvalue weighted by Gasteiger charge is 2.22. The van der Waals surface area contributed by atoms with Crippen molar-refractivity contribution in [3.63, 3.8) is 0 Å². The van der Waals surface area contributed by atoms with E-state index in [0.29, 0.717) is 12.6 Å². The molecule has 1 saturated carbocycles. The highest BCUT2D eigenvalue weighted by molar-refractivity contribution is 6.30. The predicted molar refractivity (Wildman–Crippen MR) is 102 cm³/mol. The van der Waals surface area contributed by atoms with E-state index in [0.717, 1.165) is 43.2 Å². The molecule has 24 heavy (non-hydrogen) atoms. The normalized spacial score (nSPS) is 22.3. The second-order valence-corrected chi connectivity index (χ2v) is 7.68. The summed E-state index contributed by atoms with van der Waals surface area (Å²) in [5.41, 5.74) is 1.10. The summed E-state index contributed by atoms with van der Waals surface area (Å²) in [4.78, 5) is 4.79. The largest absolute Gasteiger partial charge is 0.393 e. The second kappa shape index (κ2) is 8.72. The Bertz CT molecular complexity index is 551. The number of aliphatic hydroxyl groups excluding tert-OH is 1. The highest BCUT2D eigenvalue weighted by atomic mass is 35.5. The standard InChI is InChI=1S/C19H30ClN3O/c1-4-21-18(23-16-8-10-17(24)11-9-16)22-13-19(2,3)14-6-5-7-15(20)12-14/h5-7,12,16-17,24H,4,8-11,13H2,1-3H3,(H2,21,22,23). The van der Waals surface area contributed by atoms with Gasteiger partial charge in [0.25, 0.3) is 0 Å². The van der Waals surface area contributed by atoms with E-state index >= 15 is 0 Å². The van der Waals surface area contributed by atoms with Crippen LogP contribution in [0.15, 0.2) is 29.3 Å². The first kappa shape index (κ1) is 19.1. The van der Waals surface area contributed by atoms with E-state index in [4.69, 9.17) is 16.6 Å². The number of rotatable bonds is 5. The van der Waals surface area contributed by atoms with Gasteiger partial charge in [-0.1, -0.05) is 37.6 Å². The molecule has 0 amide bonds. The van der Waals surface area contributed by atoms with Crippen molar-refractivity contribution in [1.29, 1.82) is 0 Å². The maximum atomic E-state index is 9.64. The molecule has 0 aromatic heterocycles. The van der Waals surface area contributed by atoms with Crippen LogP contribution in [-0.4, -0.2) is 36.3 Å². The van der Waals surface area contributed by atoms with E-state index in [1.807, 2.05) is 18.2 Å². The number of nitrogens with one attached hydrogen (secondary N) is 2. The van der Waals surface area contributed by atoms with Gasteiger partial charge in [0, 0.05) is 23.0 Å². The fourth-order valence-corrected chi connectivity index (χ4v) is 3.20. The zero-order valence-electron chi connectivity index (χ0n) is 15.0. The Morgan fingerprint density at radius 2 is 2.00 bits per heavy atom. The molecule has 0 heterocycles. The first-order chi connectivity index (χ1) is 11.4. The molecule has 1 fully saturated rings. The lowest BCUT2D eigenvalue weighted by atomic mass is 9.85. The minimum absolute atomic E-state index is 0.0873. The van der Waals surface area contributed by atoms with Crippen LogP contribution in [0.5, 0.6) is 0 Å². The van der Waals surface area contributed by atoms with Crippen LogP contribution in [0.2, 0.25) is 5.02 Å². The molecule has 0 unspecified atom stereocenters. The summed E-state index contributed by atoms with van der Waals surface area (Å²) in [5, 5.41) is 17.2. The van der Waals surface area contributed by atoms with Crippen LogP contribution in [0.1, 0.15) is 52.0 Å².